The van der Waals surface area contributed by atoms with E-state index in [1.165, 1.54) is 18.2 Å². The third kappa shape index (κ3) is 7.16. The van der Waals surface area contributed by atoms with E-state index in [1.54, 1.807) is 7.05 Å². The van der Waals surface area contributed by atoms with Crippen LogP contribution in [0.1, 0.15) is 5.56 Å². The molecule has 0 heterocycles. The van der Waals surface area contributed by atoms with Crippen LogP contribution in [0.4, 0.5) is 17.1 Å². The average molecular weight is 362 g/mol. The second kappa shape index (κ2) is 10.6. The number of rotatable bonds is 7. The first kappa shape index (κ1) is 20.9. The van der Waals surface area contributed by atoms with E-state index in [2.05, 4.69) is 5.32 Å². The molecule has 26 heavy (non-hydrogen) atoms. The average Bonchev–Trinajstić information content (AvgIpc) is 2.62. The Balaban J connectivity index is 0.000000273. The molecule has 0 saturated carbocycles. The molecule has 2 rings (SSSR count). The SMILES string of the molecule is CN[C@H](COCc1ccccc1)C(=O)O.Nc1ccc([N+](=O)[O-])cc1N. The second-order valence-electron chi connectivity index (χ2n) is 5.25. The molecule has 1 atom stereocenters. The van der Waals surface area contributed by atoms with Crippen LogP contribution in [0.5, 0.6) is 0 Å². The maximum Gasteiger partial charge on any atom is 0.323 e. The fraction of sp³-hybridized carbons (Fsp3) is 0.235. The number of nitrogen functional groups attached to an aromatic ring is 2. The van der Waals surface area contributed by atoms with Crippen molar-refractivity contribution >= 4 is 23.0 Å². The summed E-state index contributed by atoms with van der Waals surface area (Å²) in [5.74, 6) is -0.898. The molecule has 0 bridgehead atoms. The van der Waals surface area contributed by atoms with Gasteiger partial charge in [-0.15, -0.1) is 0 Å². The van der Waals surface area contributed by atoms with Crippen molar-refractivity contribution in [3.8, 4) is 0 Å². The molecule has 0 aliphatic carbocycles. The number of nitro benzene ring substituents is 1. The lowest BCUT2D eigenvalue weighted by Crippen LogP contribution is -2.37. The predicted molar refractivity (Wildman–Crippen MR) is 98.5 cm³/mol. The molecule has 0 fully saturated rings. The first-order valence-electron chi connectivity index (χ1n) is 7.66. The number of nitrogens with one attached hydrogen (secondary N) is 1. The summed E-state index contributed by atoms with van der Waals surface area (Å²) in [5, 5.41) is 21.6. The Morgan fingerprint density at radius 3 is 2.38 bits per heavy atom. The first-order valence-corrected chi connectivity index (χ1v) is 7.66. The van der Waals surface area contributed by atoms with Crippen molar-refractivity contribution in [2.24, 2.45) is 0 Å². The van der Waals surface area contributed by atoms with Gasteiger partial charge in [-0.1, -0.05) is 30.3 Å². The van der Waals surface area contributed by atoms with Crippen LogP contribution >= 0.6 is 0 Å². The Kier molecular flexibility index (Phi) is 8.55. The van der Waals surface area contributed by atoms with Gasteiger partial charge in [0.1, 0.15) is 6.04 Å². The minimum atomic E-state index is -0.898. The van der Waals surface area contributed by atoms with E-state index in [1.807, 2.05) is 30.3 Å². The zero-order valence-electron chi connectivity index (χ0n) is 14.3. The number of hydrogen-bond donors (Lipinski definition) is 4. The van der Waals surface area contributed by atoms with Crippen molar-refractivity contribution < 1.29 is 19.6 Å². The van der Waals surface area contributed by atoms with Crippen molar-refractivity contribution in [3.63, 3.8) is 0 Å². The zero-order chi connectivity index (χ0) is 19.5. The van der Waals surface area contributed by atoms with Crippen LogP contribution < -0.4 is 16.8 Å². The number of nitrogens with two attached hydrogens (primary N) is 2. The number of nitro groups is 1. The molecular weight excluding hydrogens is 340 g/mol. The van der Waals surface area contributed by atoms with E-state index in [0.717, 1.165) is 5.56 Å². The van der Waals surface area contributed by atoms with Crippen molar-refractivity contribution in [2.45, 2.75) is 12.6 Å². The largest absolute Gasteiger partial charge is 0.480 e. The summed E-state index contributed by atoms with van der Waals surface area (Å²) in [4.78, 5) is 20.3. The van der Waals surface area contributed by atoms with Crippen molar-refractivity contribution in [1.82, 2.24) is 5.32 Å². The number of benzene rings is 2. The normalized spacial score (nSPS) is 11.1. The summed E-state index contributed by atoms with van der Waals surface area (Å²) in [6.07, 6.45) is 0. The Morgan fingerprint density at radius 1 is 1.23 bits per heavy atom. The molecule has 9 nitrogen and oxygen atoms in total. The monoisotopic (exact) mass is 362 g/mol. The molecule has 6 N–H and O–H groups in total. The highest BCUT2D eigenvalue weighted by molar-refractivity contribution is 5.73. The smallest absolute Gasteiger partial charge is 0.323 e. The summed E-state index contributed by atoms with van der Waals surface area (Å²) in [5.41, 5.74) is 12.3. The number of anilines is 2. The van der Waals surface area contributed by atoms with Crippen LogP contribution in [0.25, 0.3) is 0 Å². The van der Waals surface area contributed by atoms with E-state index in [9.17, 15) is 14.9 Å². The molecule has 2 aromatic rings. The molecule has 0 aliphatic heterocycles. The van der Waals surface area contributed by atoms with Crippen LogP contribution in [-0.2, 0) is 16.1 Å². The minimum absolute atomic E-state index is 0.0447. The quantitative estimate of drug-likeness (QED) is 0.329. The molecule has 9 heteroatoms. The molecule has 0 spiro atoms. The Labute approximate surface area is 150 Å². The number of hydrogen-bond acceptors (Lipinski definition) is 7. The third-order valence-electron chi connectivity index (χ3n) is 3.32. The number of non-ortho nitro benzene ring substituents is 1. The number of carboxylic acids is 1. The number of carbonyl (C=O) groups is 1. The predicted octanol–water partition coefficient (Wildman–Crippen LogP) is 1.63. The van der Waals surface area contributed by atoms with E-state index < -0.39 is 16.9 Å². The summed E-state index contributed by atoms with van der Waals surface area (Å²) >= 11 is 0. The van der Waals surface area contributed by atoms with E-state index in [4.69, 9.17) is 21.3 Å². The summed E-state index contributed by atoms with van der Waals surface area (Å²) in [7, 11) is 1.60. The lowest BCUT2D eigenvalue weighted by atomic mass is 10.2. The molecule has 2 aromatic carbocycles. The van der Waals surface area contributed by atoms with Gasteiger partial charge in [0, 0.05) is 12.1 Å². The standard InChI is InChI=1S/C11H15NO3.C6H7N3O2/c1-12-10(11(13)14)8-15-7-9-5-3-2-4-6-9;7-5-2-1-4(9(10)11)3-6(5)8/h2-6,10,12H,7-8H2,1H3,(H,13,14);1-3H,7-8H2/t10-;/m1./s1. The maximum atomic E-state index is 10.6. The van der Waals surface area contributed by atoms with Crippen LogP contribution in [0.3, 0.4) is 0 Å². The van der Waals surface area contributed by atoms with Gasteiger partial charge in [0.25, 0.3) is 5.69 Å². The third-order valence-corrected chi connectivity index (χ3v) is 3.32. The van der Waals surface area contributed by atoms with E-state index in [0.29, 0.717) is 12.3 Å². The van der Waals surface area contributed by atoms with Gasteiger partial charge in [0.2, 0.25) is 0 Å². The van der Waals surface area contributed by atoms with Gasteiger partial charge in [-0.05, 0) is 18.7 Å². The summed E-state index contributed by atoms with van der Waals surface area (Å²) < 4.78 is 5.29. The van der Waals surface area contributed by atoms with Crippen LogP contribution in [-0.4, -0.2) is 35.7 Å². The van der Waals surface area contributed by atoms with Crippen molar-refractivity contribution in [2.75, 3.05) is 25.1 Å². The molecule has 0 unspecified atom stereocenters. The Bertz CT molecular complexity index is 724. The zero-order valence-corrected chi connectivity index (χ0v) is 14.3. The number of aliphatic carboxylic acids is 1. The Morgan fingerprint density at radius 2 is 1.88 bits per heavy atom. The van der Waals surface area contributed by atoms with E-state index in [-0.39, 0.29) is 18.0 Å². The highest BCUT2D eigenvalue weighted by Gasteiger charge is 2.14. The number of carboxylic acid groups (broad SMARTS) is 1. The van der Waals surface area contributed by atoms with Crippen LogP contribution in [0.2, 0.25) is 0 Å². The summed E-state index contributed by atoms with van der Waals surface area (Å²) in [6.45, 7) is 0.604. The van der Waals surface area contributed by atoms with Gasteiger partial charge in [0.15, 0.2) is 0 Å². The first-order chi connectivity index (χ1) is 12.3. The fourth-order valence-corrected chi connectivity index (χ4v) is 1.82. The van der Waals surface area contributed by atoms with Crippen LogP contribution in [0.15, 0.2) is 48.5 Å². The number of likely N-dealkylation sites (N-methyl/N-ethyl adjacent to an activating group) is 1. The van der Waals surface area contributed by atoms with Gasteiger partial charge in [-0.25, -0.2) is 0 Å². The lowest BCUT2D eigenvalue weighted by molar-refractivity contribution is -0.384. The highest BCUT2D eigenvalue weighted by atomic mass is 16.6. The molecule has 0 saturated heterocycles. The number of ether oxygens (including phenoxy) is 1. The second-order valence-corrected chi connectivity index (χ2v) is 5.25. The van der Waals surface area contributed by atoms with Crippen LogP contribution in [0, 0.1) is 10.1 Å². The molecule has 0 aromatic heterocycles. The summed E-state index contributed by atoms with van der Waals surface area (Å²) in [6, 6.07) is 13.0. The minimum Gasteiger partial charge on any atom is -0.480 e. The van der Waals surface area contributed by atoms with Gasteiger partial charge >= 0.3 is 5.97 Å². The molecule has 0 aliphatic rings. The van der Waals surface area contributed by atoms with Gasteiger partial charge in [-0.2, -0.15) is 0 Å². The van der Waals surface area contributed by atoms with Crippen molar-refractivity contribution in [1.29, 1.82) is 0 Å². The van der Waals surface area contributed by atoms with Gasteiger partial charge in [0.05, 0.1) is 29.5 Å². The van der Waals surface area contributed by atoms with Gasteiger partial charge < -0.3 is 26.6 Å². The fourth-order valence-electron chi connectivity index (χ4n) is 1.82. The Hall–Kier alpha value is -3.17. The molecular formula is C17H22N4O5. The number of nitrogens with zero attached hydrogens (tertiary/aromatic N) is 1. The molecule has 0 radical (unpaired) electrons. The van der Waals surface area contributed by atoms with Gasteiger partial charge in [-0.3, -0.25) is 14.9 Å². The topological polar surface area (TPSA) is 154 Å². The maximum absolute atomic E-state index is 10.6. The molecule has 0 amide bonds. The molecule has 140 valence electrons. The lowest BCUT2D eigenvalue weighted by Gasteiger charge is -2.11. The van der Waals surface area contributed by atoms with E-state index >= 15 is 0 Å². The highest BCUT2D eigenvalue weighted by Crippen LogP contribution is 2.20. The van der Waals surface area contributed by atoms with Crippen molar-refractivity contribution in [3.05, 3.63) is 64.2 Å².